The van der Waals surface area contributed by atoms with Crippen molar-refractivity contribution in [1.29, 1.82) is 0 Å². The molecule has 1 saturated carbocycles. The van der Waals surface area contributed by atoms with Crippen LogP contribution in [0.15, 0.2) is 48.5 Å². The van der Waals surface area contributed by atoms with Gasteiger partial charge < -0.3 is 24.8 Å². The first-order valence-electron chi connectivity index (χ1n) is 12.0. The van der Waals surface area contributed by atoms with E-state index in [0.717, 1.165) is 47.9 Å². The number of carbonyl (C=O) groups is 3. The van der Waals surface area contributed by atoms with Crippen molar-refractivity contribution >= 4 is 18.0 Å². The van der Waals surface area contributed by atoms with Crippen LogP contribution in [0.4, 0.5) is 4.79 Å². The number of benzene rings is 2. The minimum absolute atomic E-state index is 0.110. The minimum atomic E-state index is -1.46. The standard InChI is InChI=1S/C27H32N2O6/c1-27(17-34-2,25(32)29(15-24(30)31)18-9-3-4-10-18)28-26(33)35-16-23-21-13-7-5-11-19(21)20-12-6-8-14-22(20)23/h5-8,11-14,18,23H,3-4,9-10,15-17H2,1-2H3,(H,28,33)(H,30,31). The van der Waals surface area contributed by atoms with E-state index in [4.69, 9.17) is 9.47 Å². The molecule has 8 nitrogen and oxygen atoms in total. The summed E-state index contributed by atoms with van der Waals surface area (Å²) in [5.41, 5.74) is 2.96. The molecule has 2 aromatic rings. The van der Waals surface area contributed by atoms with Gasteiger partial charge >= 0.3 is 12.1 Å². The number of amides is 2. The van der Waals surface area contributed by atoms with E-state index in [2.05, 4.69) is 17.4 Å². The molecule has 8 heteroatoms. The number of rotatable bonds is 9. The second-order valence-electron chi connectivity index (χ2n) is 9.48. The molecule has 4 rings (SSSR count). The average Bonchev–Trinajstić information content (AvgIpc) is 3.48. The van der Waals surface area contributed by atoms with E-state index in [-0.39, 0.29) is 25.2 Å². The molecule has 0 aliphatic heterocycles. The fourth-order valence-corrected chi connectivity index (χ4v) is 5.35. The fraction of sp³-hybridized carbons (Fsp3) is 0.444. The number of hydrogen-bond acceptors (Lipinski definition) is 5. The quantitative estimate of drug-likeness (QED) is 0.566. The number of methoxy groups -OCH3 is 1. The molecule has 2 aliphatic carbocycles. The smallest absolute Gasteiger partial charge is 0.408 e. The van der Waals surface area contributed by atoms with Crippen LogP contribution in [0.5, 0.6) is 0 Å². The van der Waals surface area contributed by atoms with E-state index in [0.29, 0.717) is 0 Å². The molecular formula is C27H32N2O6. The fourth-order valence-electron chi connectivity index (χ4n) is 5.35. The van der Waals surface area contributed by atoms with Crippen molar-refractivity contribution in [3.63, 3.8) is 0 Å². The van der Waals surface area contributed by atoms with Crippen LogP contribution in [0.2, 0.25) is 0 Å². The van der Waals surface area contributed by atoms with Crippen LogP contribution < -0.4 is 5.32 Å². The summed E-state index contributed by atoms with van der Waals surface area (Å²) in [7, 11) is 1.43. The second-order valence-corrected chi connectivity index (χ2v) is 9.48. The molecule has 0 radical (unpaired) electrons. The maximum Gasteiger partial charge on any atom is 0.408 e. The first-order valence-corrected chi connectivity index (χ1v) is 12.0. The second kappa shape index (κ2) is 10.5. The van der Waals surface area contributed by atoms with Gasteiger partial charge in [-0.3, -0.25) is 9.59 Å². The summed E-state index contributed by atoms with van der Waals surface area (Å²) in [6.45, 7) is 1.12. The number of ether oxygens (including phenoxy) is 2. The van der Waals surface area contributed by atoms with Gasteiger partial charge in [-0.2, -0.15) is 0 Å². The SMILES string of the molecule is COCC(C)(NC(=O)OCC1c2ccccc2-c2ccccc21)C(=O)N(CC(=O)O)C1CCCC1. The van der Waals surface area contributed by atoms with Gasteiger partial charge in [0, 0.05) is 19.1 Å². The lowest BCUT2D eigenvalue weighted by atomic mass is 9.98. The number of aliphatic carboxylic acids is 1. The molecule has 2 aliphatic rings. The van der Waals surface area contributed by atoms with Gasteiger partial charge in [0.05, 0.1) is 6.61 Å². The molecule has 35 heavy (non-hydrogen) atoms. The number of nitrogens with one attached hydrogen (secondary N) is 1. The highest BCUT2D eigenvalue weighted by molar-refractivity contribution is 5.92. The van der Waals surface area contributed by atoms with E-state index in [9.17, 15) is 19.5 Å². The van der Waals surface area contributed by atoms with Gasteiger partial charge in [0.2, 0.25) is 0 Å². The van der Waals surface area contributed by atoms with E-state index in [1.165, 1.54) is 12.0 Å². The van der Waals surface area contributed by atoms with Crippen LogP contribution in [0.1, 0.15) is 49.7 Å². The zero-order valence-electron chi connectivity index (χ0n) is 20.2. The summed E-state index contributed by atoms with van der Waals surface area (Å²) in [6.07, 6.45) is 2.62. The molecule has 0 bridgehead atoms. The first kappa shape index (κ1) is 24.7. The van der Waals surface area contributed by atoms with Crippen LogP contribution >= 0.6 is 0 Å². The molecule has 1 unspecified atom stereocenters. The zero-order valence-corrected chi connectivity index (χ0v) is 20.2. The predicted octanol–water partition coefficient (Wildman–Crippen LogP) is 3.79. The third-order valence-electron chi connectivity index (χ3n) is 6.96. The number of carboxylic acids is 1. The van der Waals surface area contributed by atoms with Crippen LogP contribution in [-0.4, -0.2) is 66.4 Å². The number of carbonyl (C=O) groups excluding carboxylic acids is 2. The Balaban J connectivity index is 1.48. The number of carboxylic acid groups (broad SMARTS) is 1. The molecule has 0 spiro atoms. The van der Waals surface area contributed by atoms with Gasteiger partial charge in [-0.1, -0.05) is 61.4 Å². The third kappa shape index (κ3) is 5.17. The lowest BCUT2D eigenvalue weighted by molar-refractivity contribution is -0.150. The maximum absolute atomic E-state index is 13.5. The number of hydrogen-bond donors (Lipinski definition) is 2. The van der Waals surface area contributed by atoms with Gasteiger partial charge in [0.1, 0.15) is 18.7 Å². The van der Waals surface area contributed by atoms with Crippen molar-refractivity contribution in [2.45, 2.75) is 50.1 Å². The molecular weight excluding hydrogens is 448 g/mol. The Kier molecular flexibility index (Phi) is 7.40. The number of fused-ring (bicyclic) bond motifs is 3. The Morgan fingerprint density at radius 2 is 1.60 bits per heavy atom. The number of alkyl carbamates (subject to hydrolysis) is 1. The molecule has 0 saturated heterocycles. The largest absolute Gasteiger partial charge is 0.480 e. The van der Waals surface area contributed by atoms with Crippen molar-refractivity contribution in [3.05, 3.63) is 59.7 Å². The van der Waals surface area contributed by atoms with Gasteiger partial charge in [-0.25, -0.2) is 4.79 Å². The Morgan fingerprint density at radius 3 is 2.14 bits per heavy atom. The monoisotopic (exact) mass is 480 g/mol. The van der Waals surface area contributed by atoms with Gasteiger partial charge in [0.25, 0.3) is 5.91 Å². The van der Waals surface area contributed by atoms with Crippen molar-refractivity contribution in [2.24, 2.45) is 0 Å². The first-order chi connectivity index (χ1) is 16.8. The third-order valence-corrected chi connectivity index (χ3v) is 6.96. The molecule has 2 N–H and O–H groups in total. The Morgan fingerprint density at radius 1 is 1.03 bits per heavy atom. The van der Waals surface area contributed by atoms with Crippen molar-refractivity contribution in [1.82, 2.24) is 10.2 Å². The lowest BCUT2D eigenvalue weighted by Crippen LogP contribution is -2.62. The maximum atomic E-state index is 13.5. The Hall–Kier alpha value is -3.39. The summed E-state index contributed by atoms with van der Waals surface area (Å²) in [5, 5.41) is 12.1. The number of nitrogens with zero attached hydrogens (tertiary/aromatic N) is 1. The van der Waals surface area contributed by atoms with Gasteiger partial charge in [-0.15, -0.1) is 0 Å². The molecule has 0 aromatic heterocycles. The highest BCUT2D eigenvalue weighted by Gasteiger charge is 2.42. The summed E-state index contributed by atoms with van der Waals surface area (Å²) < 4.78 is 10.9. The molecule has 2 amide bonds. The average molecular weight is 481 g/mol. The van der Waals surface area contributed by atoms with E-state index in [1.54, 1.807) is 6.92 Å². The van der Waals surface area contributed by atoms with Gasteiger partial charge in [0.15, 0.2) is 0 Å². The van der Waals surface area contributed by atoms with Crippen LogP contribution in [0, 0.1) is 0 Å². The molecule has 0 heterocycles. The molecule has 1 atom stereocenters. The van der Waals surface area contributed by atoms with Crippen molar-refractivity contribution in [3.8, 4) is 11.1 Å². The molecule has 186 valence electrons. The highest BCUT2D eigenvalue weighted by atomic mass is 16.5. The Bertz CT molecular complexity index is 1050. The van der Waals surface area contributed by atoms with E-state index in [1.807, 2.05) is 36.4 Å². The van der Waals surface area contributed by atoms with Crippen molar-refractivity contribution < 1.29 is 29.0 Å². The Labute approximate surface area is 205 Å². The van der Waals surface area contributed by atoms with Gasteiger partial charge in [-0.05, 0) is 42.0 Å². The summed E-state index contributed by atoms with van der Waals surface area (Å²) in [6, 6.07) is 15.9. The summed E-state index contributed by atoms with van der Waals surface area (Å²) in [5.74, 6) is -1.69. The van der Waals surface area contributed by atoms with Crippen LogP contribution in [0.3, 0.4) is 0 Å². The highest BCUT2D eigenvalue weighted by Crippen LogP contribution is 2.44. The zero-order chi connectivity index (χ0) is 25.0. The molecule has 2 aromatic carbocycles. The lowest BCUT2D eigenvalue weighted by Gasteiger charge is -2.36. The van der Waals surface area contributed by atoms with E-state index < -0.39 is 30.1 Å². The van der Waals surface area contributed by atoms with Crippen LogP contribution in [-0.2, 0) is 19.1 Å². The minimum Gasteiger partial charge on any atom is -0.480 e. The summed E-state index contributed by atoms with van der Waals surface area (Å²) in [4.78, 5) is 39.3. The predicted molar refractivity (Wildman–Crippen MR) is 130 cm³/mol. The molecule has 1 fully saturated rings. The van der Waals surface area contributed by atoms with E-state index >= 15 is 0 Å². The normalized spacial score (nSPS) is 16.7. The summed E-state index contributed by atoms with van der Waals surface area (Å²) >= 11 is 0. The topological polar surface area (TPSA) is 105 Å². The van der Waals surface area contributed by atoms with Crippen LogP contribution in [0.25, 0.3) is 11.1 Å². The van der Waals surface area contributed by atoms with Crippen molar-refractivity contribution in [2.75, 3.05) is 26.9 Å².